The topological polar surface area (TPSA) is 76.1 Å². The van der Waals surface area contributed by atoms with Gasteiger partial charge < -0.3 is 19.5 Å². The number of benzene rings is 2. The lowest BCUT2D eigenvalue weighted by molar-refractivity contribution is -0.139. The van der Waals surface area contributed by atoms with Gasteiger partial charge in [-0.25, -0.2) is 0 Å². The van der Waals surface area contributed by atoms with Crippen LogP contribution >= 0.6 is 11.6 Å². The SMILES string of the molecule is CCCCCN1C(=O)C(=O)/C(=C(/O)c2ccc(Cl)c(OC)c2)C1c1ccccc1OC. The van der Waals surface area contributed by atoms with Gasteiger partial charge in [0, 0.05) is 17.7 Å². The summed E-state index contributed by atoms with van der Waals surface area (Å²) in [7, 11) is 3.00. The number of halogens is 1. The van der Waals surface area contributed by atoms with Gasteiger partial charge in [0.15, 0.2) is 0 Å². The summed E-state index contributed by atoms with van der Waals surface area (Å²) in [4.78, 5) is 27.5. The van der Waals surface area contributed by atoms with Crippen molar-refractivity contribution in [1.82, 2.24) is 4.90 Å². The van der Waals surface area contributed by atoms with Crippen molar-refractivity contribution < 1.29 is 24.2 Å². The first-order valence-electron chi connectivity index (χ1n) is 10.2. The van der Waals surface area contributed by atoms with E-state index in [9.17, 15) is 14.7 Å². The van der Waals surface area contributed by atoms with Gasteiger partial charge in [-0.15, -0.1) is 0 Å². The minimum Gasteiger partial charge on any atom is -0.507 e. The van der Waals surface area contributed by atoms with Gasteiger partial charge in [0.1, 0.15) is 17.3 Å². The fourth-order valence-corrected chi connectivity index (χ4v) is 4.02. The van der Waals surface area contributed by atoms with E-state index in [1.54, 1.807) is 30.3 Å². The molecule has 1 fully saturated rings. The maximum Gasteiger partial charge on any atom is 0.295 e. The minimum atomic E-state index is -0.755. The number of unbranched alkanes of at least 4 members (excludes halogenated alkanes) is 2. The van der Waals surface area contributed by atoms with E-state index in [0.717, 1.165) is 19.3 Å². The Labute approximate surface area is 187 Å². The van der Waals surface area contributed by atoms with Crippen LogP contribution in [0.2, 0.25) is 5.02 Å². The second-order valence-corrected chi connectivity index (χ2v) is 7.70. The largest absolute Gasteiger partial charge is 0.507 e. The van der Waals surface area contributed by atoms with Gasteiger partial charge in [-0.2, -0.15) is 0 Å². The number of rotatable bonds is 8. The van der Waals surface area contributed by atoms with E-state index in [4.69, 9.17) is 21.1 Å². The predicted molar refractivity (Wildman–Crippen MR) is 120 cm³/mol. The molecule has 0 saturated carbocycles. The highest BCUT2D eigenvalue weighted by atomic mass is 35.5. The van der Waals surface area contributed by atoms with Crippen LogP contribution in [-0.2, 0) is 9.59 Å². The number of likely N-dealkylation sites (tertiary alicyclic amines) is 1. The van der Waals surface area contributed by atoms with Gasteiger partial charge in [-0.05, 0) is 30.7 Å². The maximum atomic E-state index is 13.1. The molecule has 2 aromatic carbocycles. The number of aliphatic hydroxyl groups excluding tert-OH is 1. The average Bonchev–Trinajstić information content (AvgIpc) is 3.04. The Hall–Kier alpha value is -2.99. The molecular formula is C24H26ClNO5. The van der Waals surface area contributed by atoms with Gasteiger partial charge in [0.25, 0.3) is 11.7 Å². The molecule has 3 rings (SSSR count). The fourth-order valence-electron chi connectivity index (χ4n) is 3.82. The number of hydrogen-bond acceptors (Lipinski definition) is 5. The number of Topliss-reactive ketones (excluding diaryl/α,β-unsaturated/α-hetero) is 1. The summed E-state index contributed by atoms with van der Waals surface area (Å²) in [6.45, 7) is 2.47. The van der Waals surface area contributed by atoms with E-state index in [-0.39, 0.29) is 11.3 Å². The highest BCUT2D eigenvalue weighted by Crippen LogP contribution is 2.43. The molecule has 1 saturated heterocycles. The number of amides is 1. The van der Waals surface area contributed by atoms with Crippen LogP contribution in [0.1, 0.15) is 43.4 Å². The molecule has 7 heteroatoms. The zero-order chi connectivity index (χ0) is 22.5. The molecule has 0 bridgehead atoms. The fraction of sp³-hybridized carbons (Fsp3) is 0.333. The molecule has 0 aliphatic carbocycles. The Morgan fingerprint density at radius 2 is 1.77 bits per heavy atom. The third kappa shape index (κ3) is 4.39. The Balaban J connectivity index is 2.19. The highest BCUT2D eigenvalue weighted by Gasteiger charge is 2.46. The first kappa shape index (κ1) is 22.7. The quantitative estimate of drug-likeness (QED) is 0.270. The van der Waals surface area contributed by atoms with Gasteiger partial charge in [-0.1, -0.05) is 49.6 Å². The van der Waals surface area contributed by atoms with Crippen LogP contribution in [0.5, 0.6) is 11.5 Å². The Kier molecular flexibility index (Phi) is 7.23. The highest BCUT2D eigenvalue weighted by molar-refractivity contribution is 6.46. The van der Waals surface area contributed by atoms with Crippen LogP contribution in [0.4, 0.5) is 0 Å². The molecule has 1 N–H and O–H groups in total. The lowest BCUT2D eigenvalue weighted by atomic mass is 9.94. The van der Waals surface area contributed by atoms with E-state index in [1.165, 1.54) is 19.1 Å². The number of hydrogen-bond donors (Lipinski definition) is 1. The number of para-hydroxylation sites is 1. The summed E-state index contributed by atoms with van der Waals surface area (Å²) in [5, 5.41) is 11.5. The molecule has 1 aliphatic rings. The number of aliphatic hydroxyl groups is 1. The minimum absolute atomic E-state index is 0.0235. The first-order valence-corrected chi connectivity index (χ1v) is 10.6. The molecule has 31 heavy (non-hydrogen) atoms. The van der Waals surface area contributed by atoms with E-state index in [0.29, 0.717) is 34.2 Å². The van der Waals surface area contributed by atoms with E-state index in [2.05, 4.69) is 6.92 Å². The summed E-state index contributed by atoms with van der Waals surface area (Å²) in [6.07, 6.45) is 2.66. The van der Waals surface area contributed by atoms with Crippen LogP contribution in [-0.4, -0.2) is 42.5 Å². The summed E-state index contributed by atoms with van der Waals surface area (Å²) in [5.41, 5.74) is 1.01. The number of ether oxygens (including phenoxy) is 2. The first-order chi connectivity index (χ1) is 14.9. The van der Waals surface area contributed by atoms with Gasteiger partial charge in [0.05, 0.1) is 30.9 Å². The second kappa shape index (κ2) is 9.88. The van der Waals surface area contributed by atoms with Gasteiger partial charge in [-0.3, -0.25) is 9.59 Å². The van der Waals surface area contributed by atoms with Gasteiger partial charge >= 0.3 is 0 Å². The van der Waals surface area contributed by atoms with Gasteiger partial charge in [0.2, 0.25) is 0 Å². The Morgan fingerprint density at radius 1 is 1.06 bits per heavy atom. The average molecular weight is 444 g/mol. The number of nitrogens with zero attached hydrogens (tertiary/aromatic N) is 1. The zero-order valence-corrected chi connectivity index (χ0v) is 18.6. The standard InChI is InChI=1S/C24H26ClNO5/c1-4-5-8-13-26-21(16-9-6-7-10-18(16)30-2)20(23(28)24(26)29)22(27)15-11-12-17(25)19(14-15)31-3/h6-7,9-12,14,21,27H,4-5,8,13H2,1-3H3/b22-20+. The van der Waals surface area contributed by atoms with Crippen LogP contribution in [0.25, 0.3) is 5.76 Å². The molecule has 0 spiro atoms. The Bertz CT molecular complexity index is 1020. The van der Waals surface area contributed by atoms with E-state index < -0.39 is 17.7 Å². The number of carbonyl (C=O) groups is 2. The van der Waals surface area contributed by atoms with Crippen molar-refractivity contribution in [3.63, 3.8) is 0 Å². The lowest BCUT2D eigenvalue weighted by Gasteiger charge is -2.26. The molecule has 164 valence electrons. The van der Waals surface area contributed by atoms with Crippen molar-refractivity contribution in [2.24, 2.45) is 0 Å². The van der Waals surface area contributed by atoms with Crippen molar-refractivity contribution in [3.05, 3.63) is 64.2 Å². The maximum absolute atomic E-state index is 13.1. The molecule has 1 unspecified atom stereocenters. The normalized spacial score (nSPS) is 17.8. The summed E-state index contributed by atoms with van der Waals surface area (Å²) in [6, 6.07) is 11.2. The number of carbonyl (C=O) groups excluding carboxylic acids is 2. The summed E-state index contributed by atoms with van der Waals surface area (Å²) in [5.74, 6) is -0.735. The number of ketones is 1. The van der Waals surface area contributed by atoms with E-state index in [1.807, 2.05) is 12.1 Å². The summed E-state index contributed by atoms with van der Waals surface area (Å²) < 4.78 is 10.7. The molecule has 0 radical (unpaired) electrons. The Morgan fingerprint density at radius 3 is 2.45 bits per heavy atom. The van der Waals surface area contributed by atoms with Crippen molar-refractivity contribution in [3.8, 4) is 11.5 Å². The number of methoxy groups -OCH3 is 2. The monoisotopic (exact) mass is 443 g/mol. The lowest BCUT2D eigenvalue weighted by Crippen LogP contribution is -2.30. The molecule has 6 nitrogen and oxygen atoms in total. The third-order valence-corrected chi connectivity index (χ3v) is 5.71. The molecule has 2 aromatic rings. The zero-order valence-electron chi connectivity index (χ0n) is 17.9. The van der Waals surface area contributed by atoms with Crippen LogP contribution in [0, 0.1) is 0 Å². The smallest absolute Gasteiger partial charge is 0.295 e. The van der Waals surface area contributed by atoms with E-state index >= 15 is 0 Å². The second-order valence-electron chi connectivity index (χ2n) is 7.29. The van der Waals surface area contributed by atoms with Crippen molar-refractivity contribution >= 4 is 29.1 Å². The molecule has 1 atom stereocenters. The molecule has 1 amide bonds. The van der Waals surface area contributed by atoms with Crippen LogP contribution in [0.3, 0.4) is 0 Å². The predicted octanol–water partition coefficient (Wildman–Crippen LogP) is 4.97. The van der Waals surface area contributed by atoms with Crippen molar-refractivity contribution in [1.29, 1.82) is 0 Å². The molecule has 1 heterocycles. The van der Waals surface area contributed by atoms with Crippen molar-refractivity contribution in [2.75, 3.05) is 20.8 Å². The van der Waals surface area contributed by atoms with Crippen LogP contribution < -0.4 is 9.47 Å². The third-order valence-electron chi connectivity index (χ3n) is 5.40. The molecular weight excluding hydrogens is 418 g/mol. The van der Waals surface area contributed by atoms with Crippen LogP contribution in [0.15, 0.2) is 48.0 Å². The summed E-state index contributed by atoms with van der Waals surface area (Å²) >= 11 is 6.10. The molecule has 0 aromatic heterocycles. The van der Waals surface area contributed by atoms with Crippen molar-refractivity contribution in [2.45, 2.75) is 32.2 Å². The molecule has 1 aliphatic heterocycles.